The summed E-state index contributed by atoms with van der Waals surface area (Å²) < 4.78 is 2.15. The minimum Gasteiger partial charge on any atom is -0.328 e. The third-order valence-corrected chi connectivity index (χ3v) is 6.44. The van der Waals surface area contributed by atoms with E-state index >= 15 is 0 Å². The molecule has 2 N–H and O–H groups in total. The van der Waals surface area contributed by atoms with Gasteiger partial charge in [0.05, 0.1) is 0 Å². The highest BCUT2D eigenvalue weighted by atomic mass is 16.5. The van der Waals surface area contributed by atoms with Crippen molar-refractivity contribution in [3.8, 4) is 0 Å². The van der Waals surface area contributed by atoms with Crippen molar-refractivity contribution in [1.29, 1.82) is 0 Å². The van der Waals surface area contributed by atoms with Crippen LogP contribution < -0.4 is 5.48 Å². The smallest absolute Gasteiger partial charge is 0.274 e. The molecule has 4 aromatic rings. The van der Waals surface area contributed by atoms with Crippen LogP contribution in [0.1, 0.15) is 45.9 Å². The number of hydroxylamine groups is 1. The number of nitrogens with zero attached hydrogens (tertiary/aromatic N) is 4. The van der Waals surface area contributed by atoms with Crippen LogP contribution in [-0.4, -0.2) is 43.6 Å². The number of piperidine rings is 1. The van der Waals surface area contributed by atoms with Gasteiger partial charge in [0.1, 0.15) is 5.65 Å². The average Bonchev–Trinajstić information content (AvgIpc) is 3.27. The molecule has 3 aromatic heterocycles. The third kappa shape index (κ3) is 4.79. The van der Waals surface area contributed by atoms with Crippen molar-refractivity contribution in [3.05, 3.63) is 95.6 Å². The van der Waals surface area contributed by atoms with Gasteiger partial charge in [-0.3, -0.25) is 19.9 Å². The number of pyridine rings is 2. The van der Waals surface area contributed by atoms with E-state index in [2.05, 4.69) is 44.9 Å². The van der Waals surface area contributed by atoms with Gasteiger partial charge in [-0.2, -0.15) is 0 Å². The number of hydrogen-bond donors (Lipinski definition) is 2. The molecular weight excluding hydrogens is 414 g/mol. The monoisotopic (exact) mass is 441 g/mol. The summed E-state index contributed by atoms with van der Waals surface area (Å²) in [6.07, 6.45) is 8.04. The highest BCUT2D eigenvalue weighted by Gasteiger charge is 2.22. The Kier molecular flexibility index (Phi) is 6.15. The van der Waals surface area contributed by atoms with E-state index in [0.717, 1.165) is 49.1 Å². The Labute approximate surface area is 192 Å². The first kappa shape index (κ1) is 21.3. The molecule has 0 radical (unpaired) electrons. The van der Waals surface area contributed by atoms with Crippen LogP contribution in [0.25, 0.3) is 11.0 Å². The highest BCUT2D eigenvalue weighted by molar-refractivity contribution is 5.93. The van der Waals surface area contributed by atoms with Crippen LogP contribution in [0, 0.1) is 0 Å². The largest absolute Gasteiger partial charge is 0.328 e. The summed E-state index contributed by atoms with van der Waals surface area (Å²) >= 11 is 0. The van der Waals surface area contributed by atoms with Crippen LogP contribution in [0.15, 0.2) is 73.2 Å². The number of fused-ring (bicyclic) bond motifs is 1. The van der Waals surface area contributed by atoms with Gasteiger partial charge in [0.25, 0.3) is 5.91 Å². The van der Waals surface area contributed by atoms with Crippen LogP contribution in [-0.2, 0) is 13.1 Å². The second-order valence-corrected chi connectivity index (χ2v) is 8.64. The zero-order valence-corrected chi connectivity index (χ0v) is 18.4. The van der Waals surface area contributed by atoms with Crippen molar-refractivity contribution in [2.24, 2.45) is 0 Å². The van der Waals surface area contributed by atoms with E-state index < -0.39 is 5.91 Å². The number of aromatic nitrogens is 3. The van der Waals surface area contributed by atoms with Crippen molar-refractivity contribution in [1.82, 2.24) is 24.9 Å². The number of benzene rings is 1. The zero-order valence-electron chi connectivity index (χ0n) is 18.4. The molecule has 1 aromatic carbocycles. The minimum atomic E-state index is -0.509. The molecule has 5 rings (SSSR count). The summed E-state index contributed by atoms with van der Waals surface area (Å²) in [5, 5.41) is 9.91. The molecule has 1 amide bonds. The number of nitrogens with one attached hydrogen (secondary N) is 1. The van der Waals surface area contributed by atoms with Crippen molar-refractivity contribution in [2.75, 3.05) is 13.1 Å². The maximum atomic E-state index is 11.5. The van der Waals surface area contributed by atoms with E-state index in [1.165, 1.54) is 11.3 Å². The Morgan fingerprint density at radius 1 is 1.00 bits per heavy atom. The van der Waals surface area contributed by atoms with E-state index in [1.807, 2.05) is 30.6 Å². The van der Waals surface area contributed by atoms with Crippen LogP contribution in [0.3, 0.4) is 0 Å². The first-order valence-corrected chi connectivity index (χ1v) is 11.3. The molecule has 1 aliphatic heterocycles. The minimum absolute atomic E-state index is 0.425. The Morgan fingerprint density at radius 2 is 1.82 bits per heavy atom. The average molecular weight is 442 g/mol. The van der Waals surface area contributed by atoms with Crippen molar-refractivity contribution in [2.45, 2.75) is 31.8 Å². The molecule has 1 aliphatic rings. The summed E-state index contributed by atoms with van der Waals surface area (Å²) in [6.45, 7) is 3.75. The zero-order chi connectivity index (χ0) is 22.6. The normalized spacial score (nSPS) is 15.1. The van der Waals surface area contributed by atoms with Gasteiger partial charge in [0.15, 0.2) is 0 Å². The fourth-order valence-corrected chi connectivity index (χ4v) is 4.59. The van der Waals surface area contributed by atoms with E-state index in [9.17, 15) is 4.79 Å². The number of amides is 1. The quantitative estimate of drug-likeness (QED) is 0.349. The molecular formula is C26H27N5O2. The number of carbonyl (C=O) groups is 1. The van der Waals surface area contributed by atoms with Crippen molar-refractivity contribution >= 4 is 16.9 Å². The van der Waals surface area contributed by atoms with Crippen molar-refractivity contribution < 1.29 is 10.0 Å². The number of hydrogen-bond acceptors (Lipinski definition) is 5. The SMILES string of the molecule is O=C(NO)c1ccc(Cn2ccc3ccc(C4CCN(Cc5cccnc5)CC4)nc32)cc1. The first-order valence-electron chi connectivity index (χ1n) is 11.3. The molecule has 4 heterocycles. The molecule has 0 unspecified atom stereocenters. The number of likely N-dealkylation sites (tertiary alicyclic amines) is 1. The van der Waals surface area contributed by atoms with Gasteiger partial charge in [-0.15, -0.1) is 0 Å². The van der Waals surface area contributed by atoms with Crippen LogP contribution in [0.4, 0.5) is 0 Å². The third-order valence-electron chi connectivity index (χ3n) is 6.44. The van der Waals surface area contributed by atoms with Gasteiger partial charge < -0.3 is 4.57 Å². The first-order chi connectivity index (χ1) is 16.2. The molecule has 0 atom stereocenters. The Hall–Kier alpha value is -3.55. The van der Waals surface area contributed by atoms with Gasteiger partial charge in [0.2, 0.25) is 0 Å². The molecule has 7 heteroatoms. The summed E-state index contributed by atoms with van der Waals surface area (Å²) in [5.41, 5.74) is 6.57. The Bertz CT molecular complexity index is 1230. The molecule has 33 heavy (non-hydrogen) atoms. The predicted molar refractivity (Wildman–Crippen MR) is 126 cm³/mol. The molecule has 0 aliphatic carbocycles. The van der Waals surface area contributed by atoms with Gasteiger partial charge in [-0.25, -0.2) is 10.5 Å². The summed E-state index contributed by atoms with van der Waals surface area (Å²) in [6, 6.07) is 17.8. The maximum Gasteiger partial charge on any atom is 0.274 e. The lowest BCUT2D eigenvalue weighted by Crippen LogP contribution is -2.32. The van der Waals surface area contributed by atoms with Gasteiger partial charge in [-0.1, -0.05) is 18.2 Å². The van der Waals surface area contributed by atoms with Gasteiger partial charge >= 0.3 is 0 Å². The molecule has 7 nitrogen and oxygen atoms in total. The lowest BCUT2D eigenvalue weighted by atomic mass is 9.92. The summed E-state index contributed by atoms with van der Waals surface area (Å²) in [4.78, 5) is 23.3. The van der Waals surface area contributed by atoms with Crippen LogP contribution in [0.2, 0.25) is 0 Å². The van der Waals surface area contributed by atoms with E-state index in [1.54, 1.807) is 17.6 Å². The molecule has 1 fully saturated rings. The lowest BCUT2D eigenvalue weighted by Gasteiger charge is -2.31. The maximum absolute atomic E-state index is 11.5. The highest BCUT2D eigenvalue weighted by Crippen LogP contribution is 2.29. The number of carbonyl (C=O) groups excluding carboxylic acids is 1. The molecule has 1 saturated heterocycles. The van der Waals surface area contributed by atoms with E-state index in [-0.39, 0.29) is 0 Å². The topological polar surface area (TPSA) is 83.3 Å². The summed E-state index contributed by atoms with van der Waals surface area (Å²) in [7, 11) is 0. The van der Waals surface area contributed by atoms with E-state index in [0.29, 0.717) is 18.0 Å². The van der Waals surface area contributed by atoms with Crippen LogP contribution in [0.5, 0.6) is 0 Å². The van der Waals surface area contributed by atoms with Gasteiger partial charge in [0, 0.05) is 54.2 Å². The molecule has 0 spiro atoms. The van der Waals surface area contributed by atoms with E-state index in [4.69, 9.17) is 10.2 Å². The van der Waals surface area contributed by atoms with Gasteiger partial charge in [-0.05, 0) is 73.5 Å². The standard InChI is InChI=1S/C26H27N5O2/c32-26(29-33)23-5-3-19(4-6-23)18-31-15-11-22-7-8-24(28-25(22)31)21-9-13-30(14-10-21)17-20-2-1-12-27-16-20/h1-8,11-12,15-16,21,33H,9-10,13-14,17-18H2,(H,29,32). The summed E-state index contributed by atoms with van der Waals surface area (Å²) in [5.74, 6) is -0.0371. The predicted octanol–water partition coefficient (Wildman–Crippen LogP) is 3.98. The van der Waals surface area contributed by atoms with Crippen LogP contribution >= 0.6 is 0 Å². The fourth-order valence-electron chi connectivity index (χ4n) is 4.59. The molecule has 0 bridgehead atoms. The second kappa shape index (κ2) is 9.52. The second-order valence-electron chi connectivity index (χ2n) is 8.64. The Morgan fingerprint density at radius 3 is 2.55 bits per heavy atom. The Balaban J connectivity index is 1.27. The molecule has 168 valence electrons. The lowest BCUT2D eigenvalue weighted by molar-refractivity contribution is 0.0706. The fraction of sp³-hybridized carbons (Fsp3) is 0.269. The molecule has 0 saturated carbocycles. The number of rotatable bonds is 6. The van der Waals surface area contributed by atoms with Crippen molar-refractivity contribution in [3.63, 3.8) is 0 Å².